The Labute approximate surface area is 120 Å². The third-order valence-electron chi connectivity index (χ3n) is 3.58. The Hall–Kier alpha value is -1.76. The number of hydrogen-bond acceptors (Lipinski definition) is 3. The Kier molecular flexibility index (Phi) is 4.41. The molecule has 7 heteroatoms. The van der Waals surface area contributed by atoms with Crippen LogP contribution in [0, 0.1) is 0 Å². The fourth-order valence-electron chi connectivity index (χ4n) is 2.44. The molecule has 4 N–H and O–H groups in total. The third kappa shape index (κ3) is 3.87. The highest BCUT2D eigenvalue weighted by Gasteiger charge is 2.35. The number of rotatable bonds is 3. The molecule has 0 bridgehead atoms. The van der Waals surface area contributed by atoms with Crippen molar-refractivity contribution < 1.29 is 22.7 Å². The first-order valence-corrected chi connectivity index (χ1v) is 6.70. The van der Waals surface area contributed by atoms with Gasteiger partial charge in [-0.25, -0.2) is 0 Å². The van der Waals surface area contributed by atoms with E-state index in [0.717, 1.165) is 25.0 Å². The lowest BCUT2D eigenvalue weighted by atomic mass is 9.93. The summed E-state index contributed by atoms with van der Waals surface area (Å²) in [6, 6.07) is 3.35. The van der Waals surface area contributed by atoms with Gasteiger partial charge < -0.3 is 16.2 Å². The molecule has 116 valence electrons. The summed E-state index contributed by atoms with van der Waals surface area (Å²) in [6.45, 7) is 0. The smallest absolute Gasteiger partial charge is 0.417 e. The first kappa shape index (κ1) is 15.6. The summed E-state index contributed by atoms with van der Waals surface area (Å²) in [4.78, 5) is 11.1. The molecule has 1 aromatic rings. The number of halogens is 3. The van der Waals surface area contributed by atoms with Crippen LogP contribution in [0.25, 0.3) is 0 Å². The quantitative estimate of drug-likeness (QED) is 0.900. The van der Waals surface area contributed by atoms with E-state index in [1.807, 2.05) is 0 Å². The first-order valence-electron chi connectivity index (χ1n) is 6.70. The largest absolute Gasteiger partial charge is 0.490 e. The van der Waals surface area contributed by atoms with Crippen LogP contribution in [0.3, 0.4) is 0 Å². The van der Waals surface area contributed by atoms with E-state index in [4.69, 9.17) is 16.2 Å². The molecule has 0 radical (unpaired) electrons. The van der Waals surface area contributed by atoms with E-state index in [2.05, 4.69) is 0 Å². The average molecular weight is 302 g/mol. The second-order valence-electron chi connectivity index (χ2n) is 5.22. The predicted octanol–water partition coefficient (Wildman–Crippen LogP) is 2.45. The molecule has 0 spiro atoms. The van der Waals surface area contributed by atoms with Gasteiger partial charge in [-0.05, 0) is 43.9 Å². The van der Waals surface area contributed by atoms with Crippen molar-refractivity contribution >= 4 is 5.91 Å². The van der Waals surface area contributed by atoms with E-state index in [9.17, 15) is 18.0 Å². The van der Waals surface area contributed by atoms with Crippen molar-refractivity contribution in [3.8, 4) is 5.75 Å². The summed E-state index contributed by atoms with van der Waals surface area (Å²) in [5.41, 5.74) is 9.11. The van der Waals surface area contributed by atoms with Gasteiger partial charge >= 0.3 is 6.18 Å². The zero-order valence-electron chi connectivity index (χ0n) is 11.3. The number of alkyl halides is 3. The molecule has 1 saturated carbocycles. The number of amides is 1. The van der Waals surface area contributed by atoms with Crippen LogP contribution < -0.4 is 16.2 Å². The average Bonchev–Trinajstić information content (AvgIpc) is 2.40. The molecule has 0 unspecified atom stereocenters. The van der Waals surface area contributed by atoms with Gasteiger partial charge in [0.25, 0.3) is 0 Å². The lowest BCUT2D eigenvalue weighted by molar-refractivity contribution is -0.138. The van der Waals surface area contributed by atoms with Crippen LogP contribution >= 0.6 is 0 Å². The fourth-order valence-corrected chi connectivity index (χ4v) is 2.44. The molecular weight excluding hydrogens is 285 g/mol. The van der Waals surface area contributed by atoms with E-state index in [0.29, 0.717) is 12.8 Å². The van der Waals surface area contributed by atoms with Gasteiger partial charge in [-0.1, -0.05) is 0 Å². The second-order valence-corrected chi connectivity index (χ2v) is 5.22. The van der Waals surface area contributed by atoms with Crippen molar-refractivity contribution in [1.29, 1.82) is 0 Å². The standard InChI is InChI=1S/C14H17F3N2O2/c15-14(16,17)12-7-10(5-6-11(12)13(19)20)21-9-3-1-8(18)2-4-9/h5-9H,1-4,18H2,(H2,19,20). The van der Waals surface area contributed by atoms with E-state index in [-0.39, 0.29) is 17.9 Å². The van der Waals surface area contributed by atoms with Crippen molar-refractivity contribution in [3.05, 3.63) is 29.3 Å². The monoisotopic (exact) mass is 302 g/mol. The van der Waals surface area contributed by atoms with Crippen LogP contribution in [0.1, 0.15) is 41.6 Å². The Morgan fingerprint density at radius 2 is 1.81 bits per heavy atom. The molecule has 1 aliphatic rings. The molecule has 0 saturated heterocycles. The number of benzene rings is 1. The lowest BCUT2D eigenvalue weighted by Gasteiger charge is -2.27. The Balaban J connectivity index is 2.20. The number of carbonyl (C=O) groups is 1. The van der Waals surface area contributed by atoms with Crippen LogP contribution in [-0.2, 0) is 6.18 Å². The van der Waals surface area contributed by atoms with Crippen molar-refractivity contribution in [1.82, 2.24) is 0 Å². The maximum Gasteiger partial charge on any atom is 0.417 e. The fraction of sp³-hybridized carbons (Fsp3) is 0.500. The Morgan fingerprint density at radius 1 is 1.19 bits per heavy atom. The minimum Gasteiger partial charge on any atom is -0.490 e. The summed E-state index contributed by atoms with van der Waals surface area (Å²) in [5, 5.41) is 0. The molecule has 0 aromatic heterocycles. The van der Waals surface area contributed by atoms with Gasteiger partial charge in [0.15, 0.2) is 0 Å². The second kappa shape index (κ2) is 5.93. The van der Waals surface area contributed by atoms with Crippen LogP contribution in [0.5, 0.6) is 5.75 Å². The van der Waals surface area contributed by atoms with Crippen molar-refractivity contribution in [2.75, 3.05) is 0 Å². The minimum absolute atomic E-state index is 0.0906. The van der Waals surface area contributed by atoms with Crippen LogP contribution in [0.4, 0.5) is 13.2 Å². The number of primary amides is 1. The number of nitrogens with two attached hydrogens (primary N) is 2. The normalized spacial score (nSPS) is 22.9. The number of ether oxygens (including phenoxy) is 1. The van der Waals surface area contributed by atoms with E-state index in [1.54, 1.807) is 0 Å². The summed E-state index contributed by atoms with van der Waals surface area (Å²) in [5.74, 6) is -1.02. The van der Waals surface area contributed by atoms with E-state index >= 15 is 0 Å². The summed E-state index contributed by atoms with van der Waals surface area (Å²) in [7, 11) is 0. The molecule has 1 amide bonds. The van der Waals surface area contributed by atoms with Gasteiger partial charge in [-0.2, -0.15) is 13.2 Å². The highest BCUT2D eigenvalue weighted by Crippen LogP contribution is 2.35. The van der Waals surface area contributed by atoms with Gasteiger partial charge in [0.2, 0.25) is 5.91 Å². The topological polar surface area (TPSA) is 78.3 Å². The molecule has 0 heterocycles. The summed E-state index contributed by atoms with van der Waals surface area (Å²) in [6.07, 6.45) is -1.81. The van der Waals surface area contributed by atoms with Crippen molar-refractivity contribution in [2.24, 2.45) is 11.5 Å². The third-order valence-corrected chi connectivity index (χ3v) is 3.58. The number of hydrogen-bond donors (Lipinski definition) is 2. The summed E-state index contributed by atoms with van der Waals surface area (Å²) < 4.78 is 44.4. The zero-order valence-corrected chi connectivity index (χ0v) is 11.3. The molecular formula is C14H17F3N2O2. The van der Waals surface area contributed by atoms with Gasteiger partial charge in [-0.3, -0.25) is 4.79 Å². The van der Waals surface area contributed by atoms with Crippen LogP contribution in [0.2, 0.25) is 0 Å². The predicted molar refractivity (Wildman–Crippen MR) is 70.8 cm³/mol. The zero-order chi connectivity index (χ0) is 15.6. The van der Waals surface area contributed by atoms with E-state index in [1.165, 1.54) is 6.07 Å². The molecule has 0 atom stereocenters. The number of carbonyl (C=O) groups excluding carboxylic acids is 1. The molecule has 2 rings (SSSR count). The molecule has 1 aliphatic carbocycles. The molecule has 21 heavy (non-hydrogen) atoms. The SMILES string of the molecule is NC(=O)c1ccc(OC2CCC(N)CC2)cc1C(F)(F)F. The molecule has 0 aliphatic heterocycles. The van der Waals surface area contributed by atoms with Gasteiger partial charge in [0.05, 0.1) is 17.2 Å². The van der Waals surface area contributed by atoms with Gasteiger partial charge in [0, 0.05) is 6.04 Å². The highest BCUT2D eigenvalue weighted by atomic mass is 19.4. The molecule has 1 aromatic carbocycles. The van der Waals surface area contributed by atoms with Crippen molar-refractivity contribution in [2.45, 2.75) is 44.0 Å². The minimum atomic E-state index is -4.65. The lowest BCUT2D eigenvalue weighted by Crippen LogP contribution is -2.31. The summed E-state index contributed by atoms with van der Waals surface area (Å²) >= 11 is 0. The highest BCUT2D eigenvalue weighted by molar-refractivity contribution is 5.94. The molecule has 4 nitrogen and oxygen atoms in total. The Morgan fingerprint density at radius 3 is 2.33 bits per heavy atom. The first-order chi connectivity index (χ1) is 9.77. The molecule has 1 fully saturated rings. The van der Waals surface area contributed by atoms with Gasteiger partial charge in [0.1, 0.15) is 5.75 Å². The Bertz CT molecular complexity index is 523. The van der Waals surface area contributed by atoms with Crippen molar-refractivity contribution in [3.63, 3.8) is 0 Å². The van der Waals surface area contributed by atoms with Gasteiger partial charge in [-0.15, -0.1) is 0 Å². The maximum absolute atomic E-state index is 12.9. The van der Waals surface area contributed by atoms with E-state index < -0.39 is 23.2 Å². The van der Waals surface area contributed by atoms with Crippen LogP contribution in [-0.4, -0.2) is 18.1 Å². The van der Waals surface area contributed by atoms with Crippen LogP contribution in [0.15, 0.2) is 18.2 Å². The maximum atomic E-state index is 12.9.